The van der Waals surface area contributed by atoms with Gasteiger partial charge in [0.25, 0.3) is 0 Å². The fraction of sp³-hybridized carbons (Fsp3) is 0.133. The number of pyridine rings is 1. The summed E-state index contributed by atoms with van der Waals surface area (Å²) in [5.74, 6) is 0.300. The van der Waals surface area contributed by atoms with Crippen LogP contribution in [0.4, 0.5) is 5.82 Å². The van der Waals surface area contributed by atoms with Crippen molar-refractivity contribution in [3.8, 4) is 11.3 Å². The fourth-order valence-corrected chi connectivity index (χ4v) is 2.48. The minimum Gasteiger partial charge on any atom is -0.281 e. The molecule has 0 saturated carbocycles. The van der Waals surface area contributed by atoms with Crippen molar-refractivity contribution in [1.82, 2.24) is 9.38 Å². The molecule has 0 aliphatic carbocycles. The number of nitroso groups, excluding NO2 is 1. The van der Waals surface area contributed by atoms with Crippen molar-refractivity contribution in [3.63, 3.8) is 0 Å². The lowest BCUT2D eigenvalue weighted by Gasteiger charge is -2.03. The molecule has 3 aromatic rings. The van der Waals surface area contributed by atoms with Crippen LogP contribution in [-0.2, 0) is 0 Å². The van der Waals surface area contributed by atoms with Gasteiger partial charge in [-0.05, 0) is 48.4 Å². The van der Waals surface area contributed by atoms with Crippen LogP contribution in [0.2, 0.25) is 5.02 Å². The number of aryl methyl sites for hydroxylation is 2. The van der Waals surface area contributed by atoms with Crippen LogP contribution in [0.1, 0.15) is 11.1 Å². The highest BCUT2D eigenvalue weighted by Crippen LogP contribution is 2.34. The van der Waals surface area contributed by atoms with Crippen molar-refractivity contribution in [2.24, 2.45) is 5.18 Å². The Bertz CT molecular complexity index is 823. The molecule has 0 unspecified atom stereocenters. The molecule has 3 rings (SSSR count). The van der Waals surface area contributed by atoms with E-state index in [1.54, 1.807) is 10.6 Å². The number of nitrogens with zero attached hydrogens (tertiary/aromatic N) is 3. The SMILES string of the molecule is Cc1ccc(Cl)cc1-c1nc2c(C)cccn2c1N=O. The van der Waals surface area contributed by atoms with Crippen LogP contribution in [0.3, 0.4) is 0 Å². The molecule has 2 heterocycles. The standard InChI is InChI=1S/C15H12ClN3O/c1-9-5-6-11(16)8-12(9)13-15(18-20)19-7-3-4-10(2)14(19)17-13/h3-8H,1-2H3. The summed E-state index contributed by atoms with van der Waals surface area (Å²) in [6.45, 7) is 3.91. The van der Waals surface area contributed by atoms with E-state index < -0.39 is 0 Å². The Hall–Kier alpha value is -2.20. The molecule has 0 saturated heterocycles. The zero-order valence-electron chi connectivity index (χ0n) is 11.1. The molecular weight excluding hydrogens is 274 g/mol. The summed E-state index contributed by atoms with van der Waals surface area (Å²) in [6, 6.07) is 9.35. The number of hydrogen-bond acceptors (Lipinski definition) is 3. The Morgan fingerprint density at radius 1 is 1.20 bits per heavy atom. The molecule has 4 nitrogen and oxygen atoms in total. The van der Waals surface area contributed by atoms with Crippen molar-refractivity contribution >= 4 is 23.1 Å². The highest BCUT2D eigenvalue weighted by Gasteiger charge is 2.17. The van der Waals surface area contributed by atoms with Gasteiger partial charge in [-0.2, -0.15) is 0 Å². The Kier molecular flexibility index (Phi) is 3.03. The van der Waals surface area contributed by atoms with E-state index in [9.17, 15) is 4.91 Å². The molecule has 100 valence electrons. The normalized spacial score (nSPS) is 10.9. The lowest BCUT2D eigenvalue weighted by atomic mass is 10.1. The van der Waals surface area contributed by atoms with Crippen molar-refractivity contribution in [2.45, 2.75) is 13.8 Å². The van der Waals surface area contributed by atoms with E-state index >= 15 is 0 Å². The van der Waals surface area contributed by atoms with E-state index in [0.29, 0.717) is 16.5 Å². The van der Waals surface area contributed by atoms with Gasteiger partial charge in [0.15, 0.2) is 0 Å². The van der Waals surface area contributed by atoms with Crippen molar-refractivity contribution in [2.75, 3.05) is 0 Å². The van der Waals surface area contributed by atoms with Crippen LogP contribution in [0.5, 0.6) is 0 Å². The van der Waals surface area contributed by atoms with E-state index in [4.69, 9.17) is 11.6 Å². The summed E-state index contributed by atoms with van der Waals surface area (Å²) in [5, 5.41) is 3.76. The van der Waals surface area contributed by atoms with Gasteiger partial charge in [-0.3, -0.25) is 4.40 Å². The molecule has 0 bridgehead atoms. The number of benzene rings is 1. The van der Waals surface area contributed by atoms with E-state index in [1.165, 1.54) is 0 Å². The van der Waals surface area contributed by atoms with E-state index in [0.717, 1.165) is 22.3 Å². The molecular formula is C15H12ClN3O. The van der Waals surface area contributed by atoms with Gasteiger partial charge >= 0.3 is 0 Å². The van der Waals surface area contributed by atoms with E-state index in [2.05, 4.69) is 10.2 Å². The third-order valence-corrected chi connectivity index (χ3v) is 3.60. The maximum absolute atomic E-state index is 11.2. The number of aromatic nitrogens is 2. The quantitative estimate of drug-likeness (QED) is 0.642. The van der Waals surface area contributed by atoms with Crippen molar-refractivity contribution in [1.29, 1.82) is 0 Å². The number of halogens is 1. The Morgan fingerprint density at radius 2 is 2.00 bits per heavy atom. The minimum absolute atomic E-state index is 0.300. The van der Waals surface area contributed by atoms with Gasteiger partial charge in [-0.25, -0.2) is 4.98 Å². The summed E-state index contributed by atoms with van der Waals surface area (Å²) in [4.78, 5) is 15.8. The summed E-state index contributed by atoms with van der Waals surface area (Å²) in [7, 11) is 0. The van der Waals surface area contributed by atoms with Crippen LogP contribution in [0.15, 0.2) is 41.7 Å². The van der Waals surface area contributed by atoms with Crippen molar-refractivity contribution in [3.05, 3.63) is 57.6 Å². The smallest absolute Gasteiger partial charge is 0.209 e. The summed E-state index contributed by atoms with van der Waals surface area (Å²) < 4.78 is 1.71. The summed E-state index contributed by atoms with van der Waals surface area (Å²) >= 11 is 6.05. The Balaban J connectivity index is 2.39. The zero-order chi connectivity index (χ0) is 14.3. The van der Waals surface area contributed by atoms with Crippen LogP contribution in [0.25, 0.3) is 16.9 Å². The van der Waals surface area contributed by atoms with E-state index in [-0.39, 0.29) is 0 Å². The number of imidazole rings is 1. The molecule has 0 radical (unpaired) electrons. The van der Waals surface area contributed by atoms with Crippen molar-refractivity contribution < 1.29 is 0 Å². The molecule has 0 aliphatic rings. The largest absolute Gasteiger partial charge is 0.281 e. The second-order valence-electron chi connectivity index (χ2n) is 4.72. The Labute approximate surface area is 121 Å². The summed E-state index contributed by atoms with van der Waals surface area (Å²) in [5.41, 5.74) is 4.12. The molecule has 0 atom stereocenters. The zero-order valence-corrected chi connectivity index (χ0v) is 11.8. The maximum Gasteiger partial charge on any atom is 0.209 e. The van der Waals surface area contributed by atoms with Gasteiger partial charge in [0.05, 0.1) is 0 Å². The van der Waals surface area contributed by atoms with Gasteiger partial charge < -0.3 is 0 Å². The first-order valence-electron chi connectivity index (χ1n) is 6.19. The fourth-order valence-electron chi connectivity index (χ4n) is 2.31. The second kappa shape index (κ2) is 4.72. The average Bonchev–Trinajstić information content (AvgIpc) is 2.81. The average molecular weight is 286 g/mol. The molecule has 0 fully saturated rings. The van der Waals surface area contributed by atoms with Crippen LogP contribution >= 0.6 is 11.6 Å². The second-order valence-corrected chi connectivity index (χ2v) is 5.16. The third-order valence-electron chi connectivity index (χ3n) is 3.36. The van der Waals surface area contributed by atoms with Crippen LogP contribution < -0.4 is 0 Å². The van der Waals surface area contributed by atoms with Gasteiger partial charge in [0.2, 0.25) is 5.82 Å². The minimum atomic E-state index is 0.300. The van der Waals surface area contributed by atoms with Gasteiger partial charge in [-0.1, -0.05) is 23.7 Å². The lowest BCUT2D eigenvalue weighted by molar-refractivity contribution is 1.14. The lowest BCUT2D eigenvalue weighted by Crippen LogP contribution is -1.85. The molecule has 0 N–H and O–H groups in total. The molecule has 0 amide bonds. The van der Waals surface area contributed by atoms with Gasteiger partial charge in [0, 0.05) is 16.8 Å². The monoisotopic (exact) mass is 285 g/mol. The number of hydrogen-bond donors (Lipinski definition) is 0. The first-order valence-corrected chi connectivity index (χ1v) is 6.57. The predicted octanol–water partition coefficient (Wildman–Crippen LogP) is 4.67. The molecule has 20 heavy (non-hydrogen) atoms. The number of fused-ring (bicyclic) bond motifs is 1. The third kappa shape index (κ3) is 1.89. The highest BCUT2D eigenvalue weighted by atomic mass is 35.5. The molecule has 2 aromatic heterocycles. The number of rotatable bonds is 2. The molecule has 1 aromatic carbocycles. The van der Waals surface area contributed by atoms with Gasteiger partial charge in [0.1, 0.15) is 11.3 Å². The Morgan fingerprint density at radius 3 is 2.75 bits per heavy atom. The summed E-state index contributed by atoms with van der Waals surface area (Å²) in [6.07, 6.45) is 1.79. The van der Waals surface area contributed by atoms with E-state index in [1.807, 2.05) is 44.2 Å². The highest BCUT2D eigenvalue weighted by molar-refractivity contribution is 6.30. The van der Waals surface area contributed by atoms with Gasteiger partial charge in [-0.15, -0.1) is 4.91 Å². The maximum atomic E-state index is 11.2. The van der Waals surface area contributed by atoms with Crippen LogP contribution in [-0.4, -0.2) is 9.38 Å². The topological polar surface area (TPSA) is 46.7 Å². The van der Waals surface area contributed by atoms with Crippen LogP contribution in [0, 0.1) is 18.8 Å². The molecule has 5 heteroatoms. The predicted molar refractivity (Wildman–Crippen MR) is 80.6 cm³/mol. The molecule has 0 spiro atoms. The first kappa shape index (κ1) is 12.8. The first-order chi connectivity index (χ1) is 9.61. The molecule has 0 aliphatic heterocycles.